The number of benzene rings is 7. The molecule has 0 unspecified atom stereocenters. The molecule has 1 aliphatic carbocycles. The average molecular weight is 657 g/mol. The van der Waals surface area contributed by atoms with Gasteiger partial charge in [0.05, 0.1) is 5.52 Å². The third-order valence-electron chi connectivity index (χ3n) is 11.0. The molecular formula is C49H40N2. The van der Waals surface area contributed by atoms with Crippen LogP contribution in [0.15, 0.2) is 158 Å². The molecule has 0 spiro atoms. The number of hydrogen-bond donors (Lipinski definition) is 0. The molecule has 0 aliphatic heterocycles. The van der Waals surface area contributed by atoms with E-state index >= 15 is 0 Å². The maximum Gasteiger partial charge on any atom is 0.0537 e. The van der Waals surface area contributed by atoms with Crippen LogP contribution in [0.2, 0.25) is 0 Å². The first-order chi connectivity index (χ1) is 24.9. The van der Waals surface area contributed by atoms with E-state index in [-0.39, 0.29) is 5.41 Å². The van der Waals surface area contributed by atoms with Crippen LogP contribution in [-0.4, -0.2) is 4.57 Å². The zero-order valence-electron chi connectivity index (χ0n) is 29.6. The van der Waals surface area contributed by atoms with Crippen molar-refractivity contribution in [1.82, 2.24) is 4.57 Å². The Hall–Kier alpha value is -6.12. The molecule has 51 heavy (non-hydrogen) atoms. The maximum absolute atomic E-state index is 2.45. The standard InChI is InChI=1S/C49H40N2/c1-33-34(2)50(39-14-8-5-9-15-39)48-32-47-45(31-44(33)48)43-27-23-36(29-46(43)49(47,3)4)21-20-35-22-24-38-30-42(26-25-37(38)28-35)51(40-16-10-6-11-17-40)41-18-12-7-13-19-41/h5-32H,1-4H3/b21-20+. The number of para-hydroxylation sites is 3. The Balaban J connectivity index is 1.03. The highest BCUT2D eigenvalue weighted by atomic mass is 15.1. The van der Waals surface area contributed by atoms with Crippen LogP contribution in [0.5, 0.6) is 0 Å². The molecule has 1 heterocycles. The van der Waals surface area contributed by atoms with Crippen LogP contribution < -0.4 is 4.90 Å². The largest absolute Gasteiger partial charge is 0.314 e. The summed E-state index contributed by atoms with van der Waals surface area (Å²) in [5, 5.41) is 3.78. The van der Waals surface area contributed by atoms with Gasteiger partial charge in [-0.15, -0.1) is 0 Å². The summed E-state index contributed by atoms with van der Waals surface area (Å²) in [6, 6.07) is 57.3. The lowest BCUT2D eigenvalue weighted by molar-refractivity contribution is 0.660. The third kappa shape index (κ3) is 5.18. The second-order valence-corrected chi connectivity index (χ2v) is 14.4. The van der Waals surface area contributed by atoms with Gasteiger partial charge in [-0.3, -0.25) is 0 Å². The fraction of sp³-hybridized carbons (Fsp3) is 0.102. The molecule has 0 saturated heterocycles. The van der Waals surface area contributed by atoms with Gasteiger partial charge in [0.1, 0.15) is 0 Å². The lowest BCUT2D eigenvalue weighted by atomic mass is 9.81. The Morgan fingerprint density at radius 1 is 0.510 bits per heavy atom. The van der Waals surface area contributed by atoms with Crippen LogP contribution in [0, 0.1) is 13.8 Å². The van der Waals surface area contributed by atoms with Crippen molar-refractivity contribution in [2.75, 3.05) is 4.90 Å². The van der Waals surface area contributed by atoms with Gasteiger partial charge in [-0.05, 0) is 130 Å². The molecule has 1 aliphatic rings. The Morgan fingerprint density at radius 2 is 1.08 bits per heavy atom. The summed E-state index contributed by atoms with van der Waals surface area (Å²) in [4.78, 5) is 2.31. The first-order valence-corrected chi connectivity index (χ1v) is 17.9. The van der Waals surface area contributed by atoms with Gasteiger partial charge in [-0.25, -0.2) is 0 Å². The first kappa shape index (κ1) is 30.9. The fourth-order valence-corrected chi connectivity index (χ4v) is 8.12. The fourth-order valence-electron chi connectivity index (χ4n) is 8.12. The van der Waals surface area contributed by atoms with E-state index in [1.165, 1.54) is 72.0 Å². The van der Waals surface area contributed by atoms with E-state index in [1.807, 2.05) is 0 Å². The summed E-state index contributed by atoms with van der Waals surface area (Å²) in [7, 11) is 0. The molecule has 9 rings (SSSR count). The van der Waals surface area contributed by atoms with Crippen LogP contribution in [-0.2, 0) is 5.41 Å². The van der Waals surface area contributed by atoms with Gasteiger partial charge in [-0.1, -0.05) is 117 Å². The minimum atomic E-state index is -0.107. The van der Waals surface area contributed by atoms with Crippen molar-refractivity contribution in [3.63, 3.8) is 0 Å². The summed E-state index contributed by atoms with van der Waals surface area (Å²) < 4.78 is 2.42. The number of hydrogen-bond acceptors (Lipinski definition) is 1. The van der Waals surface area contributed by atoms with Crippen LogP contribution in [0.4, 0.5) is 17.1 Å². The lowest BCUT2D eigenvalue weighted by Crippen LogP contribution is -2.15. The number of fused-ring (bicyclic) bond motifs is 5. The number of aryl methyl sites for hydroxylation is 1. The van der Waals surface area contributed by atoms with Crippen molar-refractivity contribution >= 4 is 50.9 Å². The zero-order chi connectivity index (χ0) is 34.7. The molecule has 246 valence electrons. The highest BCUT2D eigenvalue weighted by molar-refractivity contribution is 5.96. The van der Waals surface area contributed by atoms with Gasteiger partial charge in [0.15, 0.2) is 0 Å². The van der Waals surface area contributed by atoms with Gasteiger partial charge in [0.25, 0.3) is 0 Å². The minimum Gasteiger partial charge on any atom is -0.314 e. The van der Waals surface area contributed by atoms with Gasteiger partial charge in [0.2, 0.25) is 0 Å². The molecular weight excluding hydrogens is 617 g/mol. The van der Waals surface area contributed by atoms with Crippen LogP contribution in [0.1, 0.15) is 47.4 Å². The molecule has 2 heteroatoms. The van der Waals surface area contributed by atoms with E-state index in [4.69, 9.17) is 0 Å². The molecule has 0 fully saturated rings. The van der Waals surface area contributed by atoms with Crippen molar-refractivity contribution in [2.45, 2.75) is 33.1 Å². The van der Waals surface area contributed by atoms with Crippen molar-refractivity contribution in [3.05, 3.63) is 191 Å². The summed E-state index contributed by atoms with van der Waals surface area (Å²) in [5.74, 6) is 0. The number of rotatable bonds is 6. The highest BCUT2D eigenvalue weighted by Crippen LogP contribution is 2.51. The Morgan fingerprint density at radius 3 is 1.76 bits per heavy atom. The highest BCUT2D eigenvalue weighted by Gasteiger charge is 2.36. The quantitative estimate of drug-likeness (QED) is 0.162. The normalized spacial score (nSPS) is 13.2. The van der Waals surface area contributed by atoms with E-state index in [0.29, 0.717) is 0 Å². The molecule has 2 nitrogen and oxygen atoms in total. The summed E-state index contributed by atoms with van der Waals surface area (Å²) in [6.07, 6.45) is 4.50. The van der Waals surface area contributed by atoms with Crippen molar-refractivity contribution in [2.24, 2.45) is 0 Å². The van der Waals surface area contributed by atoms with Crippen LogP contribution in [0.25, 0.3) is 50.6 Å². The zero-order valence-corrected chi connectivity index (χ0v) is 29.6. The molecule has 1 aromatic heterocycles. The Kier molecular flexibility index (Phi) is 7.29. The SMILES string of the molecule is Cc1c(C)n(-c2ccccc2)c2cc3c(cc12)-c1ccc(/C=C/c2ccc4cc(N(c5ccccc5)c5ccccc5)ccc4c2)cc1C3(C)C. The Labute approximate surface area is 300 Å². The number of anilines is 3. The van der Waals surface area contributed by atoms with Crippen LogP contribution >= 0.6 is 0 Å². The topological polar surface area (TPSA) is 8.17 Å². The van der Waals surface area contributed by atoms with E-state index in [1.54, 1.807) is 0 Å². The monoisotopic (exact) mass is 656 g/mol. The second kappa shape index (κ2) is 12.0. The second-order valence-electron chi connectivity index (χ2n) is 14.4. The molecule has 8 aromatic rings. The predicted molar refractivity (Wildman–Crippen MR) is 218 cm³/mol. The molecule has 0 amide bonds. The summed E-state index contributed by atoms with van der Waals surface area (Å²) in [6.45, 7) is 9.25. The van der Waals surface area contributed by atoms with E-state index < -0.39 is 0 Å². The Bertz CT molecular complexity index is 2570. The lowest BCUT2D eigenvalue weighted by Gasteiger charge is -2.25. The third-order valence-corrected chi connectivity index (χ3v) is 11.0. The van der Waals surface area contributed by atoms with Crippen molar-refractivity contribution in [3.8, 4) is 16.8 Å². The van der Waals surface area contributed by atoms with Gasteiger partial charge >= 0.3 is 0 Å². The molecule has 0 saturated carbocycles. The molecule has 0 radical (unpaired) electrons. The average Bonchev–Trinajstić information content (AvgIpc) is 3.55. The summed E-state index contributed by atoms with van der Waals surface area (Å²) >= 11 is 0. The number of aromatic nitrogens is 1. The van der Waals surface area contributed by atoms with E-state index in [0.717, 1.165) is 17.1 Å². The minimum absolute atomic E-state index is 0.107. The first-order valence-electron chi connectivity index (χ1n) is 17.9. The van der Waals surface area contributed by atoms with Crippen molar-refractivity contribution in [1.29, 1.82) is 0 Å². The van der Waals surface area contributed by atoms with E-state index in [2.05, 4.69) is 207 Å². The summed E-state index contributed by atoms with van der Waals surface area (Å²) in [5.41, 5.74) is 16.4. The number of nitrogens with zero attached hydrogens (tertiary/aromatic N) is 2. The van der Waals surface area contributed by atoms with Crippen LogP contribution in [0.3, 0.4) is 0 Å². The van der Waals surface area contributed by atoms with Gasteiger partial charge in [0, 0.05) is 39.2 Å². The smallest absolute Gasteiger partial charge is 0.0537 e. The van der Waals surface area contributed by atoms with E-state index in [9.17, 15) is 0 Å². The maximum atomic E-state index is 2.45. The van der Waals surface area contributed by atoms with Gasteiger partial charge < -0.3 is 9.47 Å². The van der Waals surface area contributed by atoms with Crippen molar-refractivity contribution < 1.29 is 0 Å². The molecule has 0 N–H and O–H groups in total. The molecule has 0 bridgehead atoms. The van der Waals surface area contributed by atoms with Gasteiger partial charge in [-0.2, -0.15) is 0 Å². The predicted octanol–water partition coefficient (Wildman–Crippen LogP) is 13.3. The molecule has 0 atom stereocenters. The molecule has 7 aromatic carbocycles.